The van der Waals surface area contributed by atoms with Gasteiger partial charge in [-0.25, -0.2) is 4.98 Å². The summed E-state index contributed by atoms with van der Waals surface area (Å²) in [6.45, 7) is 0.696. The van der Waals surface area contributed by atoms with Gasteiger partial charge in [-0.05, 0) is 63.7 Å². The normalized spacial score (nSPS) is 13.3. The lowest BCUT2D eigenvalue weighted by atomic mass is 9.93. The quantitative estimate of drug-likeness (QED) is 0.378. The van der Waals surface area contributed by atoms with Crippen molar-refractivity contribution in [2.24, 2.45) is 0 Å². The largest absolute Gasteiger partial charge is 0.349 e. The zero-order chi connectivity index (χ0) is 21.4. The Balaban J connectivity index is 0.00000153. The fourth-order valence-electron chi connectivity index (χ4n) is 3.80. The Hall–Kier alpha value is -2.94. The minimum atomic E-state index is -0.0266. The number of amides is 1. The second kappa shape index (κ2) is 10.3. The number of benzene rings is 2. The number of fused-ring (bicyclic) bond motifs is 1. The minimum absolute atomic E-state index is 0. The summed E-state index contributed by atoms with van der Waals surface area (Å²) >= 11 is 0. The van der Waals surface area contributed by atoms with Gasteiger partial charge >= 0.3 is 0 Å². The fraction of sp³-hybridized carbons (Fsp3) is 0.304. The van der Waals surface area contributed by atoms with Gasteiger partial charge in [-0.15, -0.1) is 24.8 Å². The monoisotopic (exact) mass is 487 g/mol. The van der Waals surface area contributed by atoms with Crippen molar-refractivity contribution in [2.45, 2.75) is 31.8 Å². The van der Waals surface area contributed by atoms with E-state index in [4.69, 9.17) is 0 Å². The zero-order valence-corrected chi connectivity index (χ0v) is 20.1. The van der Waals surface area contributed by atoms with Gasteiger partial charge in [0.15, 0.2) is 5.82 Å². The molecule has 0 atom stereocenters. The number of halogens is 2. The van der Waals surface area contributed by atoms with Crippen molar-refractivity contribution >= 4 is 41.6 Å². The van der Waals surface area contributed by atoms with Crippen LogP contribution in [0.1, 0.15) is 35.4 Å². The van der Waals surface area contributed by atoms with Crippen molar-refractivity contribution in [1.29, 1.82) is 0 Å². The molecule has 174 valence electrons. The van der Waals surface area contributed by atoms with Crippen LogP contribution in [0.25, 0.3) is 33.5 Å². The summed E-state index contributed by atoms with van der Waals surface area (Å²) < 4.78 is 0. The zero-order valence-electron chi connectivity index (χ0n) is 18.5. The molecule has 0 unspecified atom stereocenters. The molecule has 1 saturated carbocycles. The Bertz CT molecular complexity index is 1250. The van der Waals surface area contributed by atoms with Gasteiger partial charge in [0.05, 0.1) is 17.8 Å². The molecule has 0 saturated heterocycles. The first-order valence-corrected chi connectivity index (χ1v) is 10.5. The van der Waals surface area contributed by atoms with Crippen LogP contribution in [-0.2, 0) is 6.54 Å². The molecular weight excluding hydrogens is 461 g/mol. The minimum Gasteiger partial charge on any atom is -0.349 e. The topological polar surface area (TPSA) is 103 Å². The number of hydrogen-bond acceptors (Lipinski definition) is 5. The summed E-state index contributed by atoms with van der Waals surface area (Å²) in [5.74, 6) is 1.44. The molecular formula is C23H27Cl2N7O. The number of H-pyrrole nitrogens is 2. The summed E-state index contributed by atoms with van der Waals surface area (Å²) in [6.07, 6.45) is 3.32. The number of aromatic amines is 2. The predicted molar refractivity (Wildman–Crippen MR) is 134 cm³/mol. The molecule has 1 aliphatic rings. The number of aromatic nitrogens is 5. The Morgan fingerprint density at radius 3 is 2.61 bits per heavy atom. The fourth-order valence-corrected chi connectivity index (χ4v) is 3.80. The summed E-state index contributed by atoms with van der Waals surface area (Å²) in [5, 5.41) is 19.0. The van der Waals surface area contributed by atoms with E-state index in [0.717, 1.165) is 46.4 Å². The molecule has 0 aliphatic heterocycles. The molecule has 0 bridgehead atoms. The smallest absolute Gasteiger partial charge is 0.251 e. The average molecular weight is 488 g/mol. The van der Waals surface area contributed by atoms with Crippen molar-refractivity contribution in [1.82, 2.24) is 35.6 Å². The molecule has 8 nitrogen and oxygen atoms in total. The van der Waals surface area contributed by atoms with Gasteiger partial charge in [-0.3, -0.25) is 15.0 Å². The Kier molecular flexibility index (Phi) is 7.73. The van der Waals surface area contributed by atoms with Gasteiger partial charge in [-0.1, -0.05) is 12.1 Å². The van der Waals surface area contributed by atoms with E-state index in [9.17, 15) is 4.79 Å². The molecule has 4 aromatic rings. The summed E-state index contributed by atoms with van der Waals surface area (Å²) in [7, 11) is 3.99. The van der Waals surface area contributed by atoms with E-state index in [-0.39, 0.29) is 30.7 Å². The maximum Gasteiger partial charge on any atom is 0.251 e. The lowest BCUT2D eigenvalue weighted by Gasteiger charge is -2.26. The van der Waals surface area contributed by atoms with Crippen LogP contribution in [0.15, 0.2) is 42.5 Å². The number of nitrogens with zero attached hydrogens (tertiary/aromatic N) is 4. The number of carbonyl (C=O) groups excluding carboxylic acids is 1. The van der Waals surface area contributed by atoms with E-state index < -0.39 is 0 Å². The number of rotatable bonds is 6. The third kappa shape index (κ3) is 5.19. The van der Waals surface area contributed by atoms with Gasteiger partial charge in [0.25, 0.3) is 5.91 Å². The van der Waals surface area contributed by atoms with Crippen LogP contribution < -0.4 is 5.32 Å². The first kappa shape index (κ1) is 24.7. The average Bonchev–Trinajstić information content (AvgIpc) is 3.36. The third-order valence-electron chi connectivity index (χ3n) is 5.66. The Morgan fingerprint density at radius 2 is 1.88 bits per heavy atom. The van der Waals surface area contributed by atoms with Crippen LogP contribution in [0.2, 0.25) is 0 Å². The molecule has 0 radical (unpaired) electrons. The van der Waals surface area contributed by atoms with Crippen LogP contribution in [0, 0.1) is 0 Å². The second-order valence-corrected chi connectivity index (χ2v) is 8.36. The third-order valence-corrected chi connectivity index (χ3v) is 5.66. The van der Waals surface area contributed by atoms with E-state index in [0.29, 0.717) is 24.0 Å². The number of hydrogen-bond donors (Lipinski definition) is 3. The first-order chi connectivity index (χ1) is 15.1. The predicted octanol–water partition coefficient (Wildman–Crippen LogP) is 4.20. The van der Waals surface area contributed by atoms with E-state index in [1.807, 2.05) is 61.5 Å². The second-order valence-electron chi connectivity index (χ2n) is 8.36. The molecule has 3 N–H and O–H groups in total. The van der Waals surface area contributed by atoms with Gasteiger partial charge < -0.3 is 10.2 Å². The van der Waals surface area contributed by atoms with Crippen molar-refractivity contribution < 1.29 is 4.79 Å². The summed E-state index contributed by atoms with van der Waals surface area (Å²) in [5.41, 5.74) is 4.19. The van der Waals surface area contributed by atoms with Crippen molar-refractivity contribution in [3.05, 3.63) is 53.9 Å². The molecule has 1 aliphatic carbocycles. The van der Waals surface area contributed by atoms with Gasteiger partial charge in [-0.2, -0.15) is 10.2 Å². The molecule has 33 heavy (non-hydrogen) atoms. The highest BCUT2D eigenvalue weighted by Gasteiger charge is 2.20. The van der Waals surface area contributed by atoms with Crippen LogP contribution in [-0.4, -0.2) is 56.3 Å². The highest BCUT2D eigenvalue weighted by Crippen LogP contribution is 2.30. The number of carbonyl (C=O) groups is 1. The molecule has 5 rings (SSSR count). The number of nitrogens with one attached hydrogen (secondary N) is 3. The van der Waals surface area contributed by atoms with E-state index in [1.54, 1.807) is 0 Å². The molecule has 2 aromatic heterocycles. The van der Waals surface area contributed by atoms with Crippen LogP contribution in [0.4, 0.5) is 0 Å². The van der Waals surface area contributed by atoms with Gasteiger partial charge in [0.1, 0.15) is 5.82 Å². The highest BCUT2D eigenvalue weighted by molar-refractivity contribution is 5.99. The Labute approximate surface area is 204 Å². The summed E-state index contributed by atoms with van der Waals surface area (Å²) in [4.78, 5) is 19.2. The first-order valence-electron chi connectivity index (χ1n) is 10.5. The highest BCUT2D eigenvalue weighted by atomic mass is 35.5. The lowest BCUT2D eigenvalue weighted by Crippen LogP contribution is -2.39. The van der Waals surface area contributed by atoms with Gasteiger partial charge in [0.2, 0.25) is 0 Å². The molecule has 1 amide bonds. The van der Waals surface area contributed by atoms with Crippen LogP contribution >= 0.6 is 24.8 Å². The molecule has 2 heterocycles. The molecule has 0 spiro atoms. The van der Waals surface area contributed by atoms with Crippen LogP contribution in [0.3, 0.4) is 0 Å². The SMILES string of the molecule is CN(C)Cc1nc(-c2ccc3[nH]nc(-c4cccc(C(=O)NC5CCC5)c4)c3c2)n[nH]1.Cl.Cl. The van der Waals surface area contributed by atoms with E-state index in [1.165, 1.54) is 6.42 Å². The molecule has 1 fully saturated rings. The van der Waals surface area contributed by atoms with E-state index in [2.05, 4.69) is 30.7 Å². The molecule has 2 aromatic carbocycles. The van der Waals surface area contributed by atoms with Crippen molar-refractivity contribution in [3.8, 4) is 22.6 Å². The van der Waals surface area contributed by atoms with Crippen LogP contribution in [0.5, 0.6) is 0 Å². The van der Waals surface area contributed by atoms with Crippen molar-refractivity contribution in [2.75, 3.05) is 14.1 Å². The Morgan fingerprint density at radius 1 is 1.06 bits per heavy atom. The molecule has 10 heteroatoms. The van der Waals surface area contributed by atoms with E-state index >= 15 is 0 Å². The van der Waals surface area contributed by atoms with Crippen molar-refractivity contribution in [3.63, 3.8) is 0 Å². The van der Waals surface area contributed by atoms with Gasteiger partial charge in [0, 0.05) is 28.1 Å². The maximum atomic E-state index is 12.6. The maximum absolute atomic E-state index is 12.6. The lowest BCUT2D eigenvalue weighted by molar-refractivity contribution is 0.0917. The standard InChI is InChI=1S/C23H25N7O.2ClH/c1-30(2)13-20-25-22(29-27-20)15-9-10-19-18(12-15)21(28-26-19)14-5-3-6-16(11-14)23(31)24-17-7-4-8-17;;/h3,5-6,9-12,17H,4,7-8,13H2,1-2H3,(H,24,31)(H,26,28)(H,25,27,29);2*1H. The summed E-state index contributed by atoms with van der Waals surface area (Å²) in [6, 6.07) is 13.9.